The smallest absolute Gasteiger partial charge is 0.335 e. The molecule has 0 spiro atoms. The summed E-state index contributed by atoms with van der Waals surface area (Å²) in [4.78, 5) is 17.8. The van der Waals surface area contributed by atoms with Gasteiger partial charge in [-0.25, -0.2) is 9.18 Å². The fourth-order valence-electron chi connectivity index (χ4n) is 4.20. The highest BCUT2D eigenvalue weighted by atomic mass is 35.5. The lowest BCUT2D eigenvalue weighted by Gasteiger charge is -2.26. The number of anilines is 1. The van der Waals surface area contributed by atoms with Crippen molar-refractivity contribution >= 4 is 40.6 Å². The van der Waals surface area contributed by atoms with Crippen LogP contribution in [0.1, 0.15) is 39.5 Å². The van der Waals surface area contributed by atoms with E-state index in [0.717, 1.165) is 5.69 Å². The molecule has 5 rings (SSSR count). The number of carbonyl (C=O) groups is 1. The molecule has 0 bridgehead atoms. The van der Waals surface area contributed by atoms with Crippen molar-refractivity contribution in [3.63, 3.8) is 0 Å². The van der Waals surface area contributed by atoms with Crippen LogP contribution in [0.2, 0.25) is 5.02 Å². The van der Waals surface area contributed by atoms with Crippen molar-refractivity contribution in [2.45, 2.75) is 19.0 Å². The van der Waals surface area contributed by atoms with Gasteiger partial charge in [-0.05, 0) is 85.4 Å². The summed E-state index contributed by atoms with van der Waals surface area (Å²) in [6.45, 7) is 1.69. The van der Waals surface area contributed by atoms with Crippen LogP contribution in [0.4, 0.5) is 10.1 Å². The summed E-state index contributed by atoms with van der Waals surface area (Å²) >= 11 is 12.1. The molecule has 3 heterocycles. The Morgan fingerprint density at radius 1 is 1.17 bits per heavy atom. The Morgan fingerprint density at radius 2 is 2.00 bits per heavy atom. The first-order chi connectivity index (χ1) is 16.8. The Morgan fingerprint density at radius 3 is 2.71 bits per heavy atom. The molecule has 2 atom stereocenters. The van der Waals surface area contributed by atoms with Crippen molar-refractivity contribution in [3.05, 3.63) is 106 Å². The monoisotopic (exact) mass is 507 g/mol. The molecule has 6 nitrogen and oxygen atoms in total. The van der Waals surface area contributed by atoms with Crippen LogP contribution in [0.15, 0.2) is 77.3 Å². The highest BCUT2D eigenvalue weighted by Crippen LogP contribution is 2.43. The van der Waals surface area contributed by atoms with Crippen molar-refractivity contribution < 1.29 is 18.7 Å². The number of halogens is 2. The molecule has 0 radical (unpaired) electrons. The normalized spacial score (nSPS) is 17.5. The Bertz CT molecular complexity index is 1440. The molecule has 0 amide bonds. The van der Waals surface area contributed by atoms with E-state index in [1.54, 1.807) is 37.4 Å². The molecular weight excluding hydrogens is 489 g/mol. The molecule has 2 aromatic heterocycles. The summed E-state index contributed by atoms with van der Waals surface area (Å²) in [6.07, 6.45) is 1.70. The Hall–Kier alpha value is -3.75. The minimum atomic E-state index is -1.06. The predicted molar refractivity (Wildman–Crippen MR) is 135 cm³/mol. The second-order valence-electron chi connectivity index (χ2n) is 8.13. The number of nitrogens with one attached hydrogen (secondary N) is 1. The summed E-state index contributed by atoms with van der Waals surface area (Å²) < 4.78 is 20.3. The van der Waals surface area contributed by atoms with Gasteiger partial charge >= 0.3 is 5.97 Å². The third-order valence-corrected chi connectivity index (χ3v) is 6.56. The Labute approximate surface area is 211 Å². The average Bonchev–Trinajstić information content (AvgIpc) is 3.46. The predicted octanol–water partition coefficient (Wildman–Crippen LogP) is 6.32. The van der Waals surface area contributed by atoms with Crippen LogP contribution in [0.5, 0.6) is 0 Å². The van der Waals surface area contributed by atoms with Crippen molar-refractivity contribution in [2.75, 3.05) is 4.90 Å². The van der Waals surface area contributed by atoms with E-state index in [1.165, 1.54) is 24.3 Å². The van der Waals surface area contributed by atoms with Gasteiger partial charge in [-0.15, -0.1) is 0 Å². The van der Waals surface area contributed by atoms with Gasteiger partial charge in [0.1, 0.15) is 23.4 Å². The van der Waals surface area contributed by atoms with Crippen molar-refractivity contribution in [2.24, 2.45) is 0 Å². The zero-order chi connectivity index (χ0) is 24.7. The topological polar surface area (TPSA) is 78.6 Å². The fourth-order valence-corrected chi connectivity index (χ4v) is 4.76. The zero-order valence-corrected chi connectivity index (χ0v) is 20.0. The zero-order valence-electron chi connectivity index (χ0n) is 18.4. The molecule has 1 aliphatic rings. The molecule has 4 aromatic rings. The van der Waals surface area contributed by atoms with E-state index in [4.69, 9.17) is 28.2 Å². The number of aryl methyl sites for hydroxylation is 1. The van der Waals surface area contributed by atoms with Gasteiger partial charge in [-0.1, -0.05) is 17.7 Å². The molecule has 2 aromatic carbocycles. The molecule has 0 saturated carbocycles. The van der Waals surface area contributed by atoms with Crippen LogP contribution in [-0.4, -0.2) is 21.2 Å². The van der Waals surface area contributed by atoms with E-state index < -0.39 is 12.0 Å². The average molecular weight is 508 g/mol. The number of thiocarbonyl (C=S) groups is 1. The van der Waals surface area contributed by atoms with Crippen LogP contribution >= 0.6 is 23.8 Å². The largest absolute Gasteiger partial charge is 0.478 e. The van der Waals surface area contributed by atoms with E-state index in [-0.39, 0.29) is 17.4 Å². The number of hydrogen-bond donors (Lipinski definition) is 2. The third-order valence-electron chi connectivity index (χ3n) is 5.91. The standard InChI is InChI=1S/C26H19ClFN3O3S/c1-14-12-16(6-8-19(14)28)31-24(23(30-26(31)35)20-4-2-3-11-29-20)22-10-9-21(34-22)17-13-15(25(32)33)5-7-18(17)27/h2-13,23-24H,1H3,(H,30,35)(H,32,33)/t23-,24+/m0/s1. The van der Waals surface area contributed by atoms with Crippen LogP contribution in [0.25, 0.3) is 11.3 Å². The summed E-state index contributed by atoms with van der Waals surface area (Å²) in [5, 5.41) is 13.5. The van der Waals surface area contributed by atoms with Gasteiger partial charge in [0.15, 0.2) is 5.11 Å². The van der Waals surface area contributed by atoms with Gasteiger partial charge < -0.3 is 19.7 Å². The molecule has 1 fully saturated rings. The molecule has 1 saturated heterocycles. The first-order valence-electron chi connectivity index (χ1n) is 10.7. The number of furan rings is 1. The number of pyridine rings is 1. The lowest BCUT2D eigenvalue weighted by Crippen LogP contribution is -2.29. The Balaban J connectivity index is 1.62. The fraction of sp³-hybridized carbons (Fsp3) is 0.115. The number of rotatable bonds is 5. The molecule has 0 aliphatic carbocycles. The van der Waals surface area contributed by atoms with Crippen LogP contribution in [0, 0.1) is 12.7 Å². The lowest BCUT2D eigenvalue weighted by molar-refractivity contribution is 0.0697. The van der Waals surface area contributed by atoms with Gasteiger partial charge in [0.2, 0.25) is 0 Å². The number of carboxylic acid groups (broad SMARTS) is 1. The van der Waals surface area contributed by atoms with Gasteiger partial charge in [-0.2, -0.15) is 0 Å². The molecule has 176 valence electrons. The molecule has 1 aliphatic heterocycles. The van der Waals surface area contributed by atoms with Crippen LogP contribution in [0.3, 0.4) is 0 Å². The van der Waals surface area contributed by atoms with Gasteiger partial charge in [0.25, 0.3) is 0 Å². The quantitative estimate of drug-likeness (QED) is 0.306. The number of benzene rings is 2. The SMILES string of the molecule is Cc1cc(N2C(=S)N[C@@H](c3ccccn3)[C@H]2c2ccc(-c3cc(C(=O)O)ccc3Cl)o2)ccc1F. The summed E-state index contributed by atoms with van der Waals surface area (Å²) in [5.74, 6) is -0.395. The van der Waals surface area contributed by atoms with Crippen LogP contribution < -0.4 is 10.2 Å². The van der Waals surface area contributed by atoms with Crippen molar-refractivity contribution in [1.82, 2.24) is 10.3 Å². The summed E-state index contributed by atoms with van der Waals surface area (Å²) in [6, 6.07) is 17.6. The highest BCUT2D eigenvalue weighted by molar-refractivity contribution is 7.80. The van der Waals surface area contributed by atoms with Gasteiger partial charge in [0.05, 0.1) is 22.3 Å². The van der Waals surface area contributed by atoms with Gasteiger partial charge in [-0.3, -0.25) is 4.98 Å². The number of aromatic nitrogens is 1. The number of nitrogens with zero attached hydrogens (tertiary/aromatic N) is 2. The summed E-state index contributed by atoms with van der Waals surface area (Å²) in [7, 11) is 0. The highest BCUT2D eigenvalue weighted by Gasteiger charge is 2.42. The molecular formula is C26H19ClFN3O3S. The molecule has 2 N–H and O–H groups in total. The van der Waals surface area contributed by atoms with Crippen LogP contribution in [-0.2, 0) is 0 Å². The molecule has 9 heteroatoms. The third kappa shape index (κ3) is 4.26. The number of aromatic carboxylic acids is 1. The second kappa shape index (κ2) is 9.13. The van der Waals surface area contributed by atoms with E-state index in [9.17, 15) is 14.3 Å². The molecule has 35 heavy (non-hydrogen) atoms. The first kappa shape index (κ1) is 23.0. The van der Waals surface area contributed by atoms with Crippen molar-refractivity contribution in [1.29, 1.82) is 0 Å². The maximum Gasteiger partial charge on any atom is 0.335 e. The second-order valence-corrected chi connectivity index (χ2v) is 8.93. The minimum absolute atomic E-state index is 0.0980. The Kier molecular flexibility index (Phi) is 6.00. The van der Waals surface area contributed by atoms with E-state index in [1.807, 2.05) is 23.1 Å². The number of carboxylic acids is 1. The summed E-state index contributed by atoms with van der Waals surface area (Å²) in [5.41, 5.74) is 2.51. The lowest BCUT2D eigenvalue weighted by atomic mass is 10.0. The maximum atomic E-state index is 14.0. The first-order valence-corrected chi connectivity index (χ1v) is 11.5. The van der Waals surface area contributed by atoms with E-state index in [2.05, 4.69) is 10.3 Å². The van der Waals surface area contributed by atoms with Gasteiger partial charge in [0, 0.05) is 17.4 Å². The molecule has 0 unspecified atom stereocenters. The van der Waals surface area contributed by atoms with E-state index in [0.29, 0.717) is 38.5 Å². The number of hydrogen-bond acceptors (Lipinski definition) is 4. The van der Waals surface area contributed by atoms with Crippen molar-refractivity contribution in [3.8, 4) is 11.3 Å². The maximum absolute atomic E-state index is 14.0. The van der Waals surface area contributed by atoms with E-state index >= 15 is 0 Å². The minimum Gasteiger partial charge on any atom is -0.478 e.